The van der Waals surface area contributed by atoms with Crippen LogP contribution in [0.25, 0.3) is 0 Å². The molecule has 2 unspecified atom stereocenters. The Morgan fingerprint density at radius 3 is 2.62 bits per heavy atom. The molecule has 2 N–H and O–H groups in total. The first-order chi connectivity index (χ1) is 5.91. The van der Waals surface area contributed by atoms with E-state index in [0.717, 1.165) is 6.42 Å². The molecule has 0 aromatic rings. The Morgan fingerprint density at radius 1 is 1.54 bits per heavy atom. The van der Waals surface area contributed by atoms with E-state index in [1.165, 1.54) is 0 Å². The van der Waals surface area contributed by atoms with Crippen LogP contribution in [-0.4, -0.2) is 30.0 Å². The number of aliphatic carboxylic acids is 1. The molecule has 4 nitrogen and oxygen atoms in total. The molecular formula is C9H17NO3. The van der Waals surface area contributed by atoms with Crippen LogP contribution in [0.3, 0.4) is 0 Å². The highest BCUT2D eigenvalue weighted by molar-refractivity contribution is 5.71. The summed E-state index contributed by atoms with van der Waals surface area (Å²) in [5, 5.41) is 11.7. The van der Waals surface area contributed by atoms with Gasteiger partial charge in [0.05, 0.1) is 6.61 Å². The van der Waals surface area contributed by atoms with Crippen LogP contribution in [0.1, 0.15) is 27.2 Å². The van der Waals surface area contributed by atoms with Crippen LogP contribution in [0.5, 0.6) is 0 Å². The summed E-state index contributed by atoms with van der Waals surface area (Å²) in [6, 6.07) is 0.211. The minimum Gasteiger partial charge on any atom is -0.478 e. The number of nitrogens with one attached hydrogen (secondary N) is 1. The van der Waals surface area contributed by atoms with E-state index in [1.807, 2.05) is 0 Å². The van der Waals surface area contributed by atoms with E-state index in [9.17, 15) is 4.79 Å². The highest BCUT2D eigenvalue weighted by Gasteiger charge is 2.33. The van der Waals surface area contributed by atoms with E-state index in [-0.39, 0.29) is 11.5 Å². The Labute approximate surface area is 78.3 Å². The summed E-state index contributed by atoms with van der Waals surface area (Å²) >= 11 is 0. The Kier molecular flexibility index (Phi) is 2.93. The van der Waals surface area contributed by atoms with Gasteiger partial charge in [-0.05, 0) is 11.8 Å². The van der Waals surface area contributed by atoms with Crippen LogP contribution in [0, 0.1) is 5.41 Å². The van der Waals surface area contributed by atoms with E-state index in [0.29, 0.717) is 6.61 Å². The number of hydrogen-bond donors (Lipinski definition) is 2. The van der Waals surface area contributed by atoms with Crippen LogP contribution < -0.4 is 5.32 Å². The number of carboxylic acids is 1. The first-order valence-corrected chi connectivity index (χ1v) is 4.52. The number of ether oxygens (including phenoxy) is 1. The average Bonchev–Trinajstić information content (AvgIpc) is 2.03. The topological polar surface area (TPSA) is 58.6 Å². The maximum Gasteiger partial charge on any atom is 0.348 e. The van der Waals surface area contributed by atoms with Crippen molar-refractivity contribution in [1.29, 1.82) is 0 Å². The number of carboxylic acid groups (broad SMARTS) is 1. The van der Waals surface area contributed by atoms with Gasteiger partial charge in [0.2, 0.25) is 6.23 Å². The molecule has 0 radical (unpaired) electrons. The summed E-state index contributed by atoms with van der Waals surface area (Å²) in [5.41, 5.74) is 0.0808. The SMILES string of the molecule is CC(C)(C)C1CCOC(C(=O)O)N1. The highest BCUT2D eigenvalue weighted by atomic mass is 16.5. The second kappa shape index (κ2) is 3.64. The van der Waals surface area contributed by atoms with Crippen molar-refractivity contribution in [2.45, 2.75) is 39.5 Å². The van der Waals surface area contributed by atoms with Gasteiger partial charge in [0, 0.05) is 6.04 Å². The third-order valence-corrected chi connectivity index (χ3v) is 2.31. The van der Waals surface area contributed by atoms with Gasteiger partial charge in [-0.25, -0.2) is 4.79 Å². The first kappa shape index (κ1) is 10.5. The van der Waals surface area contributed by atoms with Gasteiger partial charge in [-0.2, -0.15) is 0 Å². The lowest BCUT2D eigenvalue weighted by atomic mass is 9.84. The van der Waals surface area contributed by atoms with Crippen LogP contribution in [-0.2, 0) is 9.53 Å². The molecule has 1 aliphatic heterocycles. The van der Waals surface area contributed by atoms with Crippen LogP contribution >= 0.6 is 0 Å². The summed E-state index contributed by atoms with van der Waals surface area (Å²) in [5.74, 6) is -0.936. The molecule has 0 aliphatic carbocycles. The van der Waals surface area contributed by atoms with Gasteiger partial charge >= 0.3 is 5.97 Å². The van der Waals surface area contributed by atoms with Gasteiger partial charge in [0.1, 0.15) is 0 Å². The van der Waals surface area contributed by atoms with E-state index < -0.39 is 12.2 Å². The summed E-state index contributed by atoms with van der Waals surface area (Å²) in [7, 11) is 0. The molecule has 76 valence electrons. The summed E-state index contributed by atoms with van der Waals surface area (Å²) in [6.45, 7) is 6.80. The first-order valence-electron chi connectivity index (χ1n) is 4.52. The van der Waals surface area contributed by atoms with Crippen molar-refractivity contribution in [3.8, 4) is 0 Å². The van der Waals surface area contributed by atoms with Crippen LogP contribution in [0.4, 0.5) is 0 Å². The van der Waals surface area contributed by atoms with Crippen LogP contribution in [0.2, 0.25) is 0 Å². The highest BCUT2D eigenvalue weighted by Crippen LogP contribution is 2.24. The zero-order valence-electron chi connectivity index (χ0n) is 8.33. The zero-order chi connectivity index (χ0) is 10.1. The zero-order valence-corrected chi connectivity index (χ0v) is 8.33. The summed E-state index contributed by atoms with van der Waals surface area (Å²) in [4.78, 5) is 10.6. The van der Waals surface area contributed by atoms with Gasteiger partial charge in [-0.3, -0.25) is 5.32 Å². The quantitative estimate of drug-likeness (QED) is 0.638. The molecule has 1 heterocycles. The van der Waals surface area contributed by atoms with E-state index in [2.05, 4.69) is 26.1 Å². The van der Waals surface area contributed by atoms with Crippen molar-refractivity contribution in [3.63, 3.8) is 0 Å². The van der Waals surface area contributed by atoms with Gasteiger partial charge in [-0.1, -0.05) is 20.8 Å². The standard InChI is InChI=1S/C9H17NO3/c1-9(2,3)6-4-5-13-7(10-6)8(11)12/h6-7,10H,4-5H2,1-3H3,(H,11,12). The molecule has 0 saturated carbocycles. The lowest BCUT2D eigenvalue weighted by Gasteiger charge is -2.37. The minimum atomic E-state index is -0.936. The third kappa shape index (κ3) is 2.67. The molecule has 1 saturated heterocycles. The fraction of sp³-hybridized carbons (Fsp3) is 0.889. The molecule has 0 aromatic heterocycles. The minimum absolute atomic E-state index is 0.0808. The molecule has 0 spiro atoms. The van der Waals surface area contributed by atoms with Crippen molar-refractivity contribution in [2.75, 3.05) is 6.61 Å². The lowest BCUT2D eigenvalue weighted by Crippen LogP contribution is -2.54. The molecule has 1 fully saturated rings. The third-order valence-electron chi connectivity index (χ3n) is 2.31. The van der Waals surface area contributed by atoms with Gasteiger partial charge in [-0.15, -0.1) is 0 Å². The van der Waals surface area contributed by atoms with E-state index >= 15 is 0 Å². The number of rotatable bonds is 1. The Bertz CT molecular complexity index is 198. The Morgan fingerprint density at radius 2 is 2.15 bits per heavy atom. The largest absolute Gasteiger partial charge is 0.478 e. The molecule has 0 amide bonds. The summed E-state index contributed by atoms with van der Waals surface area (Å²) in [6.07, 6.45) is 0.0331. The molecule has 2 atom stereocenters. The maximum absolute atomic E-state index is 10.6. The molecule has 0 aromatic carbocycles. The lowest BCUT2D eigenvalue weighted by molar-refractivity contribution is -0.158. The van der Waals surface area contributed by atoms with Crippen molar-refractivity contribution in [1.82, 2.24) is 5.32 Å². The van der Waals surface area contributed by atoms with Crippen molar-refractivity contribution in [3.05, 3.63) is 0 Å². The molecular weight excluding hydrogens is 170 g/mol. The smallest absolute Gasteiger partial charge is 0.348 e. The molecule has 1 rings (SSSR count). The van der Waals surface area contributed by atoms with Gasteiger partial charge in [0.25, 0.3) is 0 Å². The predicted octanol–water partition coefficient (Wildman–Crippen LogP) is 0.822. The summed E-state index contributed by atoms with van der Waals surface area (Å²) < 4.78 is 5.05. The maximum atomic E-state index is 10.6. The van der Waals surface area contributed by atoms with E-state index in [4.69, 9.17) is 9.84 Å². The second-order valence-corrected chi connectivity index (χ2v) is 4.46. The Balaban J connectivity index is 2.57. The van der Waals surface area contributed by atoms with Gasteiger partial charge < -0.3 is 9.84 Å². The van der Waals surface area contributed by atoms with Crippen molar-refractivity contribution in [2.24, 2.45) is 5.41 Å². The van der Waals surface area contributed by atoms with Crippen molar-refractivity contribution >= 4 is 5.97 Å². The van der Waals surface area contributed by atoms with Crippen molar-refractivity contribution < 1.29 is 14.6 Å². The monoisotopic (exact) mass is 187 g/mol. The number of carbonyl (C=O) groups is 1. The van der Waals surface area contributed by atoms with E-state index in [1.54, 1.807) is 0 Å². The van der Waals surface area contributed by atoms with Crippen LogP contribution in [0.15, 0.2) is 0 Å². The second-order valence-electron chi connectivity index (χ2n) is 4.46. The fourth-order valence-electron chi connectivity index (χ4n) is 1.44. The molecule has 0 bridgehead atoms. The molecule has 4 heteroatoms. The number of hydrogen-bond acceptors (Lipinski definition) is 3. The fourth-order valence-corrected chi connectivity index (χ4v) is 1.44. The Hall–Kier alpha value is -0.610. The molecule has 1 aliphatic rings. The molecule has 13 heavy (non-hydrogen) atoms. The van der Waals surface area contributed by atoms with Gasteiger partial charge in [0.15, 0.2) is 0 Å². The normalized spacial score (nSPS) is 30.1. The predicted molar refractivity (Wildman–Crippen MR) is 48.4 cm³/mol. The average molecular weight is 187 g/mol.